The predicted molar refractivity (Wildman–Crippen MR) is 93.5 cm³/mol. The van der Waals surface area contributed by atoms with E-state index in [1.165, 1.54) is 28.6 Å². The molecule has 1 heterocycles. The Hall–Kier alpha value is -1.65. The third-order valence-electron chi connectivity index (χ3n) is 3.98. The predicted octanol–water partition coefficient (Wildman–Crippen LogP) is 1.15. The fraction of sp³-hybridized carbons (Fsp3) is 0.533. The second-order valence-corrected chi connectivity index (χ2v) is 9.62. The van der Waals surface area contributed by atoms with Gasteiger partial charge in [-0.15, -0.1) is 0 Å². The topological polar surface area (TPSA) is 121 Å². The van der Waals surface area contributed by atoms with Crippen LogP contribution in [-0.4, -0.2) is 46.3 Å². The summed E-state index contributed by atoms with van der Waals surface area (Å²) in [7, 11) is -7.34. The summed E-state index contributed by atoms with van der Waals surface area (Å²) < 4.78 is 52.0. The molecular formula is C15H22N2O6S2. The van der Waals surface area contributed by atoms with Crippen LogP contribution in [0.1, 0.15) is 32.6 Å². The Balaban J connectivity index is 2.18. The van der Waals surface area contributed by atoms with Crippen molar-refractivity contribution < 1.29 is 26.7 Å². The van der Waals surface area contributed by atoms with Crippen LogP contribution in [-0.2, 0) is 24.8 Å². The van der Waals surface area contributed by atoms with Gasteiger partial charge in [-0.1, -0.05) is 19.8 Å². The molecule has 2 N–H and O–H groups in total. The molecule has 1 fully saturated rings. The highest BCUT2D eigenvalue weighted by atomic mass is 32.2. The van der Waals surface area contributed by atoms with Crippen molar-refractivity contribution in [2.45, 2.75) is 43.5 Å². The van der Waals surface area contributed by atoms with Gasteiger partial charge < -0.3 is 5.11 Å². The number of rotatable bonds is 8. The highest BCUT2D eigenvalue weighted by Crippen LogP contribution is 2.25. The molecule has 0 unspecified atom stereocenters. The molecule has 1 aliphatic heterocycles. The van der Waals surface area contributed by atoms with Gasteiger partial charge in [-0.3, -0.25) is 9.10 Å². The summed E-state index contributed by atoms with van der Waals surface area (Å²) in [4.78, 5) is 11.1. The van der Waals surface area contributed by atoms with E-state index in [4.69, 9.17) is 5.11 Å². The molecule has 25 heavy (non-hydrogen) atoms. The zero-order valence-electron chi connectivity index (χ0n) is 13.9. The molecule has 0 amide bonds. The van der Waals surface area contributed by atoms with Crippen LogP contribution in [0.4, 0.5) is 5.69 Å². The SMILES string of the molecule is CCCC[C@H](NS(=O)(=O)c1ccc(N2CCCS2(=O)=O)cc1)C(=O)O. The molecule has 0 bridgehead atoms. The number of anilines is 1. The summed E-state index contributed by atoms with van der Waals surface area (Å²) in [6.07, 6.45) is 2.08. The van der Waals surface area contributed by atoms with Gasteiger partial charge in [0.15, 0.2) is 0 Å². The monoisotopic (exact) mass is 390 g/mol. The quantitative estimate of drug-likeness (QED) is 0.687. The Bertz CT molecular complexity index is 818. The largest absolute Gasteiger partial charge is 0.480 e. The second-order valence-electron chi connectivity index (χ2n) is 5.89. The lowest BCUT2D eigenvalue weighted by Gasteiger charge is -2.18. The molecule has 1 aliphatic rings. The smallest absolute Gasteiger partial charge is 0.321 e. The number of nitrogens with one attached hydrogen (secondary N) is 1. The second kappa shape index (κ2) is 7.71. The van der Waals surface area contributed by atoms with Crippen molar-refractivity contribution in [3.05, 3.63) is 24.3 Å². The fourth-order valence-electron chi connectivity index (χ4n) is 2.62. The van der Waals surface area contributed by atoms with Gasteiger partial charge in [0.05, 0.1) is 16.3 Å². The Kier molecular flexibility index (Phi) is 6.07. The number of benzene rings is 1. The Morgan fingerprint density at radius 1 is 1.32 bits per heavy atom. The molecule has 0 saturated carbocycles. The number of nitrogens with zero attached hydrogens (tertiary/aromatic N) is 1. The standard InChI is InChI=1S/C15H22N2O6S2/c1-2-3-5-14(15(18)19)16-25(22,23)13-8-6-12(7-9-13)17-10-4-11-24(17,20)21/h6-9,14,16H,2-5,10-11H2,1H3,(H,18,19)/t14-/m0/s1. The first kappa shape index (κ1) is 19.7. The van der Waals surface area contributed by atoms with Crippen molar-refractivity contribution in [2.24, 2.45) is 0 Å². The molecule has 1 saturated heterocycles. The lowest BCUT2D eigenvalue weighted by atomic mass is 10.1. The van der Waals surface area contributed by atoms with Crippen LogP contribution < -0.4 is 9.03 Å². The molecule has 1 aromatic rings. The Labute approximate surface area is 147 Å². The summed E-state index contributed by atoms with van der Waals surface area (Å²) in [5, 5.41) is 9.16. The summed E-state index contributed by atoms with van der Waals surface area (Å²) in [6.45, 7) is 2.25. The maximum Gasteiger partial charge on any atom is 0.321 e. The van der Waals surface area contributed by atoms with E-state index < -0.39 is 32.1 Å². The van der Waals surface area contributed by atoms with Crippen molar-refractivity contribution in [1.82, 2.24) is 4.72 Å². The van der Waals surface area contributed by atoms with Gasteiger partial charge in [-0.25, -0.2) is 16.8 Å². The fourth-order valence-corrected chi connectivity index (χ4v) is 5.41. The highest BCUT2D eigenvalue weighted by Gasteiger charge is 2.29. The van der Waals surface area contributed by atoms with Gasteiger partial charge in [-0.2, -0.15) is 4.72 Å². The number of sulfonamides is 2. The molecule has 2 rings (SSSR count). The van der Waals surface area contributed by atoms with Crippen LogP contribution in [0.2, 0.25) is 0 Å². The Morgan fingerprint density at radius 3 is 2.44 bits per heavy atom. The molecule has 1 aromatic carbocycles. The lowest BCUT2D eigenvalue weighted by molar-refractivity contribution is -0.139. The number of aliphatic carboxylic acids is 1. The van der Waals surface area contributed by atoms with E-state index in [1.807, 2.05) is 6.92 Å². The van der Waals surface area contributed by atoms with Crippen LogP contribution in [0.3, 0.4) is 0 Å². The summed E-state index contributed by atoms with van der Waals surface area (Å²) in [5.74, 6) is -1.15. The number of hydrogen-bond donors (Lipinski definition) is 2. The number of carboxylic acids is 1. The van der Waals surface area contributed by atoms with Gasteiger partial charge in [0.2, 0.25) is 20.0 Å². The Morgan fingerprint density at radius 2 is 1.96 bits per heavy atom. The van der Waals surface area contributed by atoms with Crippen LogP contribution in [0, 0.1) is 0 Å². The molecule has 0 aliphatic carbocycles. The first-order valence-corrected chi connectivity index (χ1v) is 11.1. The number of carboxylic acid groups (broad SMARTS) is 1. The van der Waals surface area contributed by atoms with Crippen molar-refractivity contribution in [3.8, 4) is 0 Å². The molecule has 1 atom stereocenters. The van der Waals surface area contributed by atoms with Gasteiger partial charge in [0.25, 0.3) is 0 Å². The van der Waals surface area contributed by atoms with Gasteiger partial charge in [0.1, 0.15) is 6.04 Å². The third-order valence-corrected chi connectivity index (χ3v) is 7.33. The van der Waals surface area contributed by atoms with Crippen LogP contribution >= 0.6 is 0 Å². The van der Waals surface area contributed by atoms with Crippen LogP contribution in [0.25, 0.3) is 0 Å². The first-order chi connectivity index (χ1) is 11.7. The zero-order valence-corrected chi connectivity index (χ0v) is 15.5. The maximum absolute atomic E-state index is 12.4. The van der Waals surface area contributed by atoms with Crippen molar-refractivity contribution in [1.29, 1.82) is 0 Å². The summed E-state index contributed by atoms with van der Waals surface area (Å²) >= 11 is 0. The van der Waals surface area contributed by atoms with E-state index in [2.05, 4.69) is 4.72 Å². The molecular weight excluding hydrogens is 368 g/mol. The van der Waals surface area contributed by atoms with Gasteiger partial charge >= 0.3 is 5.97 Å². The molecule has 0 spiro atoms. The minimum Gasteiger partial charge on any atom is -0.480 e. The van der Waals surface area contributed by atoms with Crippen LogP contribution in [0.15, 0.2) is 29.2 Å². The minimum absolute atomic E-state index is 0.0757. The molecule has 0 aromatic heterocycles. The molecule has 140 valence electrons. The first-order valence-electron chi connectivity index (χ1n) is 8.03. The zero-order chi connectivity index (χ0) is 18.7. The average Bonchev–Trinajstić information content (AvgIpc) is 2.90. The number of unbranched alkanes of at least 4 members (excludes halogenated alkanes) is 1. The maximum atomic E-state index is 12.4. The van der Waals surface area contributed by atoms with Crippen molar-refractivity contribution in [3.63, 3.8) is 0 Å². The van der Waals surface area contributed by atoms with Crippen molar-refractivity contribution in [2.75, 3.05) is 16.6 Å². The number of hydrogen-bond acceptors (Lipinski definition) is 5. The lowest BCUT2D eigenvalue weighted by Crippen LogP contribution is -2.40. The van der Waals surface area contributed by atoms with E-state index in [1.54, 1.807) is 0 Å². The van der Waals surface area contributed by atoms with Crippen LogP contribution in [0.5, 0.6) is 0 Å². The van der Waals surface area contributed by atoms with E-state index in [0.29, 0.717) is 25.1 Å². The highest BCUT2D eigenvalue weighted by molar-refractivity contribution is 7.93. The summed E-state index contributed by atoms with van der Waals surface area (Å²) in [6, 6.07) is 4.20. The van der Waals surface area contributed by atoms with E-state index in [-0.39, 0.29) is 17.1 Å². The molecule has 8 nitrogen and oxygen atoms in total. The molecule has 10 heteroatoms. The summed E-state index contributed by atoms with van der Waals surface area (Å²) in [5.41, 5.74) is 0.400. The third kappa shape index (κ3) is 4.71. The normalized spacial score (nSPS) is 18.2. The van der Waals surface area contributed by atoms with Gasteiger partial charge in [-0.05, 0) is 37.1 Å². The van der Waals surface area contributed by atoms with E-state index in [9.17, 15) is 21.6 Å². The van der Waals surface area contributed by atoms with Crippen molar-refractivity contribution >= 4 is 31.7 Å². The number of carbonyl (C=O) groups is 1. The van der Waals surface area contributed by atoms with E-state index in [0.717, 1.165) is 6.42 Å². The minimum atomic E-state index is -4.00. The van der Waals surface area contributed by atoms with E-state index >= 15 is 0 Å². The molecule has 0 radical (unpaired) electrons. The average molecular weight is 390 g/mol. The van der Waals surface area contributed by atoms with Gasteiger partial charge in [0, 0.05) is 6.54 Å².